The number of aromatic hydroxyl groups is 1. The molecule has 1 N–H and O–H groups in total. The molecule has 0 radical (unpaired) electrons. The molecule has 1 atom stereocenters. The third kappa shape index (κ3) is 1.42. The molecule has 0 spiro atoms. The van der Waals surface area contributed by atoms with Gasteiger partial charge < -0.3 is 9.67 Å². The highest BCUT2D eigenvalue weighted by Gasteiger charge is 2.13. The normalized spacial score (nSPS) is 12.6. The molecule has 2 rings (SSSR count). The van der Waals surface area contributed by atoms with E-state index < -0.39 is 0 Å². The Labute approximate surface area is 87.4 Å². The summed E-state index contributed by atoms with van der Waals surface area (Å²) >= 11 is 0. The minimum atomic E-state index is -0.246. The molecule has 0 amide bonds. The lowest BCUT2D eigenvalue weighted by Gasteiger charge is -2.02. The summed E-state index contributed by atoms with van der Waals surface area (Å²) in [6.07, 6.45) is 0. The van der Waals surface area contributed by atoms with E-state index in [0.29, 0.717) is 0 Å². The maximum Gasteiger partial charge on any atom is 0.126 e. The first-order valence-corrected chi connectivity index (χ1v) is 4.68. The molecule has 0 aliphatic rings. The Morgan fingerprint density at radius 1 is 1.53 bits per heavy atom. The SMILES string of the molecule is CC(C#N)c1nc2ccc(O)cc2n1C. The minimum Gasteiger partial charge on any atom is -0.508 e. The lowest BCUT2D eigenvalue weighted by Crippen LogP contribution is -2.00. The van der Waals surface area contributed by atoms with Crippen LogP contribution in [0.15, 0.2) is 18.2 Å². The van der Waals surface area contributed by atoms with Gasteiger partial charge in [-0.2, -0.15) is 5.26 Å². The molecule has 1 aromatic heterocycles. The van der Waals surface area contributed by atoms with Crippen LogP contribution in [0.25, 0.3) is 11.0 Å². The van der Waals surface area contributed by atoms with Crippen LogP contribution in [0, 0.1) is 11.3 Å². The Morgan fingerprint density at radius 2 is 2.27 bits per heavy atom. The number of nitrogens with zero attached hydrogens (tertiary/aromatic N) is 3. The minimum absolute atomic E-state index is 0.210. The summed E-state index contributed by atoms with van der Waals surface area (Å²) in [4.78, 5) is 4.35. The largest absolute Gasteiger partial charge is 0.508 e. The second kappa shape index (κ2) is 3.28. The van der Waals surface area contributed by atoms with Crippen molar-refractivity contribution in [3.63, 3.8) is 0 Å². The Morgan fingerprint density at radius 3 is 2.93 bits per heavy atom. The molecule has 4 nitrogen and oxygen atoms in total. The maximum absolute atomic E-state index is 9.35. The fourth-order valence-corrected chi connectivity index (χ4v) is 1.64. The monoisotopic (exact) mass is 201 g/mol. The number of rotatable bonds is 1. The summed E-state index contributed by atoms with van der Waals surface area (Å²) in [5.74, 6) is 0.685. The van der Waals surface area contributed by atoms with E-state index in [1.165, 1.54) is 0 Å². The quantitative estimate of drug-likeness (QED) is 0.766. The van der Waals surface area contributed by atoms with Crippen LogP contribution in [-0.4, -0.2) is 14.7 Å². The van der Waals surface area contributed by atoms with E-state index in [4.69, 9.17) is 5.26 Å². The molecule has 4 heteroatoms. The number of hydrogen-bond acceptors (Lipinski definition) is 3. The fraction of sp³-hybridized carbons (Fsp3) is 0.273. The summed E-state index contributed by atoms with van der Waals surface area (Å²) in [6, 6.07) is 7.14. The Balaban J connectivity index is 2.71. The zero-order valence-corrected chi connectivity index (χ0v) is 8.60. The number of nitriles is 1. The van der Waals surface area contributed by atoms with Crippen LogP contribution in [0.2, 0.25) is 0 Å². The van der Waals surface area contributed by atoms with Crippen LogP contribution >= 0.6 is 0 Å². The average Bonchev–Trinajstić information content (AvgIpc) is 2.55. The second-order valence-corrected chi connectivity index (χ2v) is 3.55. The molecule has 0 fully saturated rings. The van der Waals surface area contributed by atoms with Gasteiger partial charge in [-0.05, 0) is 19.1 Å². The lowest BCUT2D eigenvalue weighted by molar-refractivity contribution is 0.476. The van der Waals surface area contributed by atoms with E-state index in [-0.39, 0.29) is 11.7 Å². The average molecular weight is 201 g/mol. The molecule has 1 heterocycles. The standard InChI is InChI=1S/C11H11N3O/c1-7(6-12)11-13-9-4-3-8(15)5-10(9)14(11)2/h3-5,7,15H,1-2H3. The summed E-state index contributed by atoms with van der Waals surface area (Å²) in [6.45, 7) is 1.81. The summed E-state index contributed by atoms with van der Waals surface area (Å²) in [5.41, 5.74) is 1.64. The lowest BCUT2D eigenvalue weighted by atomic mass is 10.2. The number of phenols is 1. The smallest absolute Gasteiger partial charge is 0.126 e. The van der Waals surface area contributed by atoms with Crippen LogP contribution in [0.4, 0.5) is 0 Å². The van der Waals surface area contributed by atoms with Gasteiger partial charge in [-0.3, -0.25) is 0 Å². The molecular weight excluding hydrogens is 190 g/mol. The van der Waals surface area contributed by atoms with Gasteiger partial charge >= 0.3 is 0 Å². The van der Waals surface area contributed by atoms with Crippen molar-refractivity contribution in [1.82, 2.24) is 9.55 Å². The van der Waals surface area contributed by atoms with Crippen LogP contribution in [0.5, 0.6) is 5.75 Å². The molecule has 0 aliphatic heterocycles. The van der Waals surface area contributed by atoms with Gasteiger partial charge in [-0.25, -0.2) is 4.98 Å². The highest BCUT2D eigenvalue weighted by atomic mass is 16.3. The molecule has 0 saturated carbocycles. The highest BCUT2D eigenvalue weighted by Crippen LogP contribution is 2.23. The van der Waals surface area contributed by atoms with Gasteiger partial charge in [0.2, 0.25) is 0 Å². The van der Waals surface area contributed by atoms with Crippen molar-refractivity contribution in [3.8, 4) is 11.8 Å². The summed E-state index contributed by atoms with van der Waals surface area (Å²) < 4.78 is 1.84. The van der Waals surface area contributed by atoms with Crippen molar-refractivity contribution in [1.29, 1.82) is 5.26 Å². The number of hydrogen-bond donors (Lipinski definition) is 1. The van der Waals surface area contributed by atoms with Gasteiger partial charge in [-0.15, -0.1) is 0 Å². The van der Waals surface area contributed by atoms with Crippen molar-refractivity contribution in [3.05, 3.63) is 24.0 Å². The Kier molecular flexibility index (Phi) is 2.09. The first kappa shape index (κ1) is 9.53. The molecule has 1 unspecified atom stereocenters. The predicted octanol–water partition coefficient (Wildman–Crippen LogP) is 1.91. The van der Waals surface area contributed by atoms with Crippen LogP contribution in [0.1, 0.15) is 18.7 Å². The van der Waals surface area contributed by atoms with E-state index in [9.17, 15) is 5.11 Å². The Hall–Kier alpha value is -2.02. The number of imidazole rings is 1. The maximum atomic E-state index is 9.35. The number of benzene rings is 1. The molecule has 0 bridgehead atoms. The highest BCUT2D eigenvalue weighted by molar-refractivity contribution is 5.77. The molecular formula is C11H11N3O. The number of fused-ring (bicyclic) bond motifs is 1. The van der Waals surface area contributed by atoms with E-state index in [1.807, 2.05) is 11.6 Å². The Bertz CT molecular complexity index is 551. The molecule has 15 heavy (non-hydrogen) atoms. The van der Waals surface area contributed by atoms with Gasteiger partial charge in [0.05, 0.1) is 17.1 Å². The van der Waals surface area contributed by atoms with Crippen LogP contribution in [-0.2, 0) is 7.05 Å². The zero-order valence-electron chi connectivity index (χ0n) is 8.60. The van der Waals surface area contributed by atoms with E-state index in [0.717, 1.165) is 16.9 Å². The summed E-state index contributed by atoms with van der Waals surface area (Å²) in [5, 5.41) is 18.2. The number of phenolic OH excluding ortho intramolecular Hbond substituents is 1. The van der Waals surface area contributed by atoms with Crippen molar-refractivity contribution < 1.29 is 5.11 Å². The zero-order chi connectivity index (χ0) is 11.0. The molecule has 76 valence electrons. The molecule has 0 saturated heterocycles. The van der Waals surface area contributed by atoms with Gasteiger partial charge in [0.15, 0.2) is 0 Å². The molecule has 2 aromatic rings. The van der Waals surface area contributed by atoms with Crippen molar-refractivity contribution in [2.45, 2.75) is 12.8 Å². The third-order valence-corrected chi connectivity index (χ3v) is 2.48. The van der Waals surface area contributed by atoms with Gasteiger partial charge in [0, 0.05) is 13.1 Å². The number of aryl methyl sites for hydroxylation is 1. The fourth-order valence-electron chi connectivity index (χ4n) is 1.64. The second-order valence-electron chi connectivity index (χ2n) is 3.55. The first-order chi connectivity index (χ1) is 7.13. The van der Waals surface area contributed by atoms with Gasteiger partial charge in [0.1, 0.15) is 17.5 Å². The van der Waals surface area contributed by atoms with E-state index >= 15 is 0 Å². The summed E-state index contributed by atoms with van der Waals surface area (Å²) in [7, 11) is 1.85. The van der Waals surface area contributed by atoms with Gasteiger partial charge in [0.25, 0.3) is 0 Å². The predicted molar refractivity (Wildman–Crippen MR) is 56.4 cm³/mol. The van der Waals surface area contributed by atoms with Crippen LogP contribution < -0.4 is 0 Å². The van der Waals surface area contributed by atoms with Crippen molar-refractivity contribution in [2.24, 2.45) is 7.05 Å². The third-order valence-electron chi connectivity index (χ3n) is 2.48. The van der Waals surface area contributed by atoms with Crippen molar-refractivity contribution >= 4 is 11.0 Å². The van der Waals surface area contributed by atoms with Crippen molar-refractivity contribution in [2.75, 3.05) is 0 Å². The first-order valence-electron chi connectivity index (χ1n) is 4.68. The van der Waals surface area contributed by atoms with E-state index in [2.05, 4.69) is 11.1 Å². The topological polar surface area (TPSA) is 61.8 Å². The molecule has 1 aromatic carbocycles. The van der Waals surface area contributed by atoms with Gasteiger partial charge in [-0.1, -0.05) is 0 Å². The number of aromatic nitrogens is 2. The van der Waals surface area contributed by atoms with Crippen LogP contribution in [0.3, 0.4) is 0 Å². The van der Waals surface area contributed by atoms with E-state index in [1.54, 1.807) is 25.1 Å². The molecule has 0 aliphatic carbocycles.